The first-order chi connectivity index (χ1) is 11.3. The van der Waals surface area contributed by atoms with Gasteiger partial charge in [0.1, 0.15) is 10.6 Å². The van der Waals surface area contributed by atoms with Crippen LogP contribution in [0.15, 0.2) is 53.4 Å². The minimum Gasteiger partial charge on any atom is -0.495 e. The molecular weight excluding hydrogens is 330 g/mol. The van der Waals surface area contributed by atoms with Crippen molar-refractivity contribution in [3.8, 4) is 5.75 Å². The van der Waals surface area contributed by atoms with Gasteiger partial charge in [-0.3, -0.25) is 4.79 Å². The monoisotopic (exact) mass is 349 g/mol. The molecule has 0 amide bonds. The number of nitrogens with one attached hydrogen (secondary N) is 1. The molecule has 0 saturated carbocycles. The maximum atomic E-state index is 12.5. The van der Waals surface area contributed by atoms with Crippen LogP contribution in [0.3, 0.4) is 0 Å². The van der Waals surface area contributed by atoms with Gasteiger partial charge in [0.05, 0.1) is 13.0 Å². The van der Waals surface area contributed by atoms with E-state index in [9.17, 15) is 18.3 Å². The summed E-state index contributed by atoms with van der Waals surface area (Å²) < 4.78 is 32.5. The lowest BCUT2D eigenvalue weighted by atomic mass is 10.00. The quantitative estimate of drug-likeness (QED) is 0.799. The van der Waals surface area contributed by atoms with Gasteiger partial charge in [-0.2, -0.15) is 0 Å². The third-order valence-corrected chi connectivity index (χ3v) is 5.03. The van der Waals surface area contributed by atoms with Crippen LogP contribution in [0.4, 0.5) is 0 Å². The van der Waals surface area contributed by atoms with E-state index in [2.05, 4.69) is 4.72 Å². The topological polar surface area (TPSA) is 92.7 Å². The summed E-state index contributed by atoms with van der Waals surface area (Å²) in [7, 11) is -2.52. The Labute approximate surface area is 141 Å². The van der Waals surface area contributed by atoms with Crippen molar-refractivity contribution < 1.29 is 23.1 Å². The van der Waals surface area contributed by atoms with Crippen LogP contribution in [-0.4, -0.2) is 33.1 Å². The standard InChI is InChI=1S/C17H19NO5S/c1-12-8-9-15(23-2)16(10-12)24(21,22)18-11-14(17(19)20)13-6-4-3-5-7-13/h3-10,14,18H,11H2,1-2H3,(H,19,20). The van der Waals surface area contributed by atoms with Crippen molar-refractivity contribution in [1.29, 1.82) is 0 Å². The van der Waals surface area contributed by atoms with E-state index in [0.717, 1.165) is 5.56 Å². The van der Waals surface area contributed by atoms with Gasteiger partial charge in [0.15, 0.2) is 0 Å². The number of benzene rings is 2. The Morgan fingerprint density at radius 2 is 1.88 bits per heavy atom. The van der Waals surface area contributed by atoms with Crippen LogP contribution in [0.25, 0.3) is 0 Å². The van der Waals surface area contributed by atoms with Gasteiger partial charge < -0.3 is 9.84 Å². The van der Waals surface area contributed by atoms with Crippen molar-refractivity contribution in [2.75, 3.05) is 13.7 Å². The average Bonchev–Trinajstić information content (AvgIpc) is 2.55. The molecule has 6 nitrogen and oxygen atoms in total. The molecule has 2 rings (SSSR count). The van der Waals surface area contributed by atoms with Crippen LogP contribution < -0.4 is 9.46 Å². The molecule has 0 bridgehead atoms. The number of ether oxygens (including phenoxy) is 1. The second-order valence-corrected chi connectivity index (χ2v) is 7.04. The van der Waals surface area contributed by atoms with Crippen LogP contribution in [0, 0.1) is 6.92 Å². The first-order valence-corrected chi connectivity index (χ1v) is 8.75. The summed E-state index contributed by atoms with van der Waals surface area (Å²) in [4.78, 5) is 11.5. The number of carboxylic acid groups (broad SMARTS) is 1. The molecular formula is C17H19NO5S. The molecule has 1 atom stereocenters. The highest BCUT2D eigenvalue weighted by Crippen LogP contribution is 2.25. The second kappa shape index (κ2) is 7.46. The highest BCUT2D eigenvalue weighted by molar-refractivity contribution is 7.89. The molecule has 24 heavy (non-hydrogen) atoms. The first-order valence-electron chi connectivity index (χ1n) is 7.27. The van der Waals surface area contributed by atoms with Crippen LogP contribution in [-0.2, 0) is 14.8 Å². The predicted octanol–water partition coefficient (Wildman–Crippen LogP) is 2.15. The van der Waals surface area contributed by atoms with Gasteiger partial charge >= 0.3 is 5.97 Å². The van der Waals surface area contributed by atoms with Crippen LogP contribution >= 0.6 is 0 Å². The van der Waals surface area contributed by atoms with Crippen molar-refractivity contribution in [3.05, 3.63) is 59.7 Å². The van der Waals surface area contributed by atoms with E-state index in [1.54, 1.807) is 49.4 Å². The number of methoxy groups -OCH3 is 1. The lowest BCUT2D eigenvalue weighted by Crippen LogP contribution is -2.32. The minimum absolute atomic E-state index is 0.0119. The SMILES string of the molecule is COc1ccc(C)cc1S(=O)(=O)NCC(C(=O)O)c1ccccc1. The zero-order valence-electron chi connectivity index (χ0n) is 13.4. The van der Waals surface area contributed by atoms with Crippen LogP contribution in [0.5, 0.6) is 5.75 Å². The highest BCUT2D eigenvalue weighted by atomic mass is 32.2. The summed E-state index contributed by atoms with van der Waals surface area (Å²) in [6.07, 6.45) is 0. The number of rotatable bonds is 7. The summed E-state index contributed by atoms with van der Waals surface area (Å²) in [6, 6.07) is 13.3. The van der Waals surface area contributed by atoms with E-state index in [-0.39, 0.29) is 17.2 Å². The largest absolute Gasteiger partial charge is 0.495 e. The zero-order valence-corrected chi connectivity index (χ0v) is 14.2. The Hall–Kier alpha value is -2.38. The molecule has 2 aromatic carbocycles. The molecule has 0 spiro atoms. The van der Waals surface area contributed by atoms with Crippen molar-refractivity contribution in [3.63, 3.8) is 0 Å². The number of carbonyl (C=O) groups is 1. The Balaban J connectivity index is 2.26. The Bertz CT molecular complexity index is 818. The molecule has 2 aromatic rings. The fourth-order valence-electron chi connectivity index (χ4n) is 2.30. The average molecular weight is 349 g/mol. The summed E-state index contributed by atoms with van der Waals surface area (Å²) in [6.45, 7) is 1.52. The van der Waals surface area contributed by atoms with Crippen LogP contribution in [0.1, 0.15) is 17.0 Å². The van der Waals surface area contributed by atoms with E-state index < -0.39 is 21.9 Å². The maximum Gasteiger partial charge on any atom is 0.312 e. The fraction of sp³-hybridized carbons (Fsp3) is 0.235. The lowest BCUT2D eigenvalue weighted by molar-refractivity contribution is -0.138. The Kier molecular flexibility index (Phi) is 5.58. The lowest BCUT2D eigenvalue weighted by Gasteiger charge is -2.15. The number of carboxylic acids is 1. The van der Waals surface area contributed by atoms with Gasteiger partial charge in [-0.25, -0.2) is 13.1 Å². The molecule has 7 heteroatoms. The van der Waals surface area contributed by atoms with E-state index in [4.69, 9.17) is 4.74 Å². The Morgan fingerprint density at radius 1 is 1.21 bits per heavy atom. The fourth-order valence-corrected chi connectivity index (χ4v) is 3.60. The van der Waals surface area contributed by atoms with E-state index in [0.29, 0.717) is 5.56 Å². The number of aryl methyl sites for hydroxylation is 1. The smallest absolute Gasteiger partial charge is 0.312 e. The zero-order chi connectivity index (χ0) is 17.7. The third kappa shape index (κ3) is 4.12. The van der Waals surface area contributed by atoms with Crippen molar-refractivity contribution >= 4 is 16.0 Å². The summed E-state index contributed by atoms with van der Waals surface area (Å²) in [5.74, 6) is -1.86. The molecule has 0 saturated heterocycles. The molecule has 1 unspecified atom stereocenters. The van der Waals surface area contributed by atoms with Gasteiger partial charge in [-0.05, 0) is 30.2 Å². The van der Waals surface area contributed by atoms with Gasteiger partial charge in [-0.15, -0.1) is 0 Å². The molecule has 128 valence electrons. The van der Waals surface area contributed by atoms with E-state index in [1.807, 2.05) is 0 Å². The molecule has 0 aliphatic rings. The maximum absolute atomic E-state index is 12.5. The van der Waals surface area contributed by atoms with Crippen molar-refractivity contribution in [1.82, 2.24) is 4.72 Å². The number of sulfonamides is 1. The van der Waals surface area contributed by atoms with Gasteiger partial charge in [-0.1, -0.05) is 36.4 Å². The van der Waals surface area contributed by atoms with Gasteiger partial charge in [0.25, 0.3) is 0 Å². The second-order valence-electron chi connectivity index (χ2n) is 5.31. The molecule has 2 N–H and O–H groups in total. The highest BCUT2D eigenvalue weighted by Gasteiger charge is 2.25. The first kappa shape index (κ1) is 18.0. The molecule has 0 aliphatic carbocycles. The molecule has 0 fully saturated rings. The normalized spacial score (nSPS) is 12.6. The summed E-state index contributed by atoms with van der Waals surface area (Å²) in [5.41, 5.74) is 1.29. The van der Waals surface area contributed by atoms with E-state index >= 15 is 0 Å². The number of hydrogen-bond acceptors (Lipinski definition) is 4. The van der Waals surface area contributed by atoms with Crippen molar-refractivity contribution in [2.24, 2.45) is 0 Å². The third-order valence-electron chi connectivity index (χ3n) is 3.59. The summed E-state index contributed by atoms with van der Waals surface area (Å²) >= 11 is 0. The minimum atomic E-state index is -3.90. The summed E-state index contributed by atoms with van der Waals surface area (Å²) in [5, 5.41) is 9.38. The molecule has 0 aromatic heterocycles. The van der Waals surface area contributed by atoms with Gasteiger partial charge in [0, 0.05) is 6.54 Å². The molecule has 0 heterocycles. The Morgan fingerprint density at radius 3 is 2.46 bits per heavy atom. The number of hydrogen-bond donors (Lipinski definition) is 2. The predicted molar refractivity (Wildman–Crippen MR) is 89.7 cm³/mol. The van der Waals surface area contributed by atoms with Gasteiger partial charge in [0.2, 0.25) is 10.0 Å². The van der Waals surface area contributed by atoms with E-state index in [1.165, 1.54) is 13.2 Å². The number of aliphatic carboxylic acids is 1. The molecule has 0 aliphatic heterocycles. The van der Waals surface area contributed by atoms with Crippen LogP contribution in [0.2, 0.25) is 0 Å². The molecule has 0 radical (unpaired) electrons. The van der Waals surface area contributed by atoms with Crippen molar-refractivity contribution in [2.45, 2.75) is 17.7 Å².